The van der Waals surface area contributed by atoms with E-state index in [9.17, 15) is 33.9 Å². The van der Waals surface area contributed by atoms with Crippen molar-refractivity contribution in [3.63, 3.8) is 0 Å². The van der Waals surface area contributed by atoms with E-state index in [1.165, 1.54) is 15.8 Å². The van der Waals surface area contributed by atoms with Crippen molar-refractivity contribution in [3.05, 3.63) is 42.1 Å². The molecule has 3 aromatic rings. The Morgan fingerprint density at radius 2 is 1.81 bits per heavy atom. The molecule has 1 saturated carbocycles. The van der Waals surface area contributed by atoms with Gasteiger partial charge in [0.25, 0.3) is 11.8 Å². The number of amides is 5. The van der Waals surface area contributed by atoms with Crippen LogP contribution in [0.5, 0.6) is 0 Å². The van der Waals surface area contributed by atoms with Gasteiger partial charge in [-0.15, -0.1) is 5.10 Å². The lowest BCUT2D eigenvalue weighted by Crippen LogP contribution is -2.56. The molecule has 4 atom stereocenters. The number of carbonyl (C=O) groups is 6. The molecule has 3 aromatic heterocycles. The second kappa shape index (κ2) is 17.0. The molecular weight excluding hydrogens is 688 g/mol. The molecule has 1 saturated heterocycles. The predicted molar refractivity (Wildman–Crippen MR) is 189 cm³/mol. The minimum absolute atomic E-state index is 0.00871. The molecule has 0 bridgehead atoms. The summed E-state index contributed by atoms with van der Waals surface area (Å²) in [7, 11) is 0. The standard InChI is InChI=1S/C35H48N10O8/c1-35(2,53)28-18-39-43-45(28)22-16-27(32(49)41-24(29(46)30(36)47)10-6-7-12-38-34(51)52)44(19-22)33(50)26(14-20-8-4-3-5-9-20)42-31(48)25-15-21-17-37-13-11-23(21)40-25/h11,13,15,17-18,20,22,24,26-27,38,40,53H,3-10,12,14,16,19H2,1-2H3,(H2,36,47)(H,41,49)(H,42,48)(H,51,52)/t22-,24?,26+,27-/m0/s1. The van der Waals surface area contributed by atoms with E-state index in [0.29, 0.717) is 24.1 Å². The highest BCUT2D eigenvalue weighted by atomic mass is 16.4. The van der Waals surface area contributed by atoms with Crippen LogP contribution < -0.4 is 21.7 Å². The van der Waals surface area contributed by atoms with Crippen molar-refractivity contribution in [1.29, 1.82) is 0 Å². The number of ketones is 1. The molecule has 18 heteroatoms. The number of H-pyrrole nitrogens is 1. The number of rotatable bonds is 16. The van der Waals surface area contributed by atoms with E-state index in [0.717, 1.165) is 37.5 Å². The Hall–Kier alpha value is -5.39. The van der Waals surface area contributed by atoms with Gasteiger partial charge in [0, 0.05) is 42.8 Å². The number of primary amides is 1. The van der Waals surface area contributed by atoms with Crippen LogP contribution in [-0.2, 0) is 24.8 Å². The lowest BCUT2D eigenvalue weighted by molar-refractivity contribution is -0.142. The summed E-state index contributed by atoms with van der Waals surface area (Å²) in [5.41, 5.74) is 5.26. The van der Waals surface area contributed by atoms with Gasteiger partial charge >= 0.3 is 6.09 Å². The zero-order valence-corrected chi connectivity index (χ0v) is 29.9. The van der Waals surface area contributed by atoms with Crippen LogP contribution in [0.4, 0.5) is 4.79 Å². The van der Waals surface area contributed by atoms with E-state index < -0.39 is 65.3 Å². The third-order valence-electron chi connectivity index (χ3n) is 10.0. The van der Waals surface area contributed by atoms with Crippen molar-refractivity contribution in [2.75, 3.05) is 13.1 Å². The maximum absolute atomic E-state index is 14.7. The summed E-state index contributed by atoms with van der Waals surface area (Å²) in [4.78, 5) is 86.7. The minimum Gasteiger partial charge on any atom is -0.465 e. The molecule has 53 heavy (non-hydrogen) atoms. The van der Waals surface area contributed by atoms with Crippen molar-refractivity contribution in [2.24, 2.45) is 11.7 Å². The highest BCUT2D eigenvalue weighted by Crippen LogP contribution is 2.33. The zero-order valence-electron chi connectivity index (χ0n) is 29.9. The summed E-state index contributed by atoms with van der Waals surface area (Å²) in [6.45, 7) is 3.18. The fraction of sp³-hybridized carbons (Fsp3) is 0.571. The lowest BCUT2D eigenvalue weighted by Gasteiger charge is -2.32. The molecule has 18 nitrogen and oxygen atoms in total. The molecule has 0 radical (unpaired) electrons. The number of Topliss-reactive ketones (excluding diaryl/α,β-unsaturated/α-hetero) is 1. The molecule has 2 aliphatic rings. The van der Waals surface area contributed by atoms with Crippen LogP contribution in [0.25, 0.3) is 10.9 Å². The van der Waals surface area contributed by atoms with Crippen molar-refractivity contribution in [3.8, 4) is 0 Å². The van der Waals surface area contributed by atoms with Gasteiger partial charge in [0.1, 0.15) is 23.4 Å². The molecule has 0 aromatic carbocycles. The Morgan fingerprint density at radius 1 is 1.06 bits per heavy atom. The van der Waals surface area contributed by atoms with E-state index in [1.54, 1.807) is 38.4 Å². The maximum Gasteiger partial charge on any atom is 0.404 e. The summed E-state index contributed by atoms with van der Waals surface area (Å²) in [5, 5.41) is 36.3. The van der Waals surface area contributed by atoms with Gasteiger partial charge < -0.3 is 41.8 Å². The summed E-state index contributed by atoms with van der Waals surface area (Å²) < 4.78 is 1.47. The van der Waals surface area contributed by atoms with E-state index in [2.05, 4.69) is 36.2 Å². The summed E-state index contributed by atoms with van der Waals surface area (Å²) in [6, 6.07) is -0.754. The second-order valence-corrected chi connectivity index (χ2v) is 14.4. The number of aromatic amines is 1. The summed E-state index contributed by atoms with van der Waals surface area (Å²) >= 11 is 0. The average Bonchev–Trinajstić information content (AvgIpc) is 3.89. The van der Waals surface area contributed by atoms with E-state index in [1.807, 2.05) is 0 Å². The Balaban J connectivity index is 1.43. The predicted octanol–water partition coefficient (Wildman–Crippen LogP) is 1.27. The maximum atomic E-state index is 14.7. The molecule has 286 valence electrons. The Bertz CT molecular complexity index is 1780. The normalized spacial score (nSPS) is 19.0. The van der Waals surface area contributed by atoms with Gasteiger partial charge in [-0.1, -0.05) is 37.3 Å². The van der Waals surface area contributed by atoms with E-state index in [4.69, 9.17) is 10.8 Å². The largest absolute Gasteiger partial charge is 0.465 e. The third kappa shape index (κ3) is 9.74. The van der Waals surface area contributed by atoms with Gasteiger partial charge in [0.05, 0.1) is 24.0 Å². The number of pyridine rings is 1. The second-order valence-electron chi connectivity index (χ2n) is 14.4. The van der Waals surface area contributed by atoms with Crippen LogP contribution in [0.1, 0.15) is 100 Å². The lowest BCUT2D eigenvalue weighted by atomic mass is 9.84. The number of nitrogens with one attached hydrogen (secondary N) is 4. The van der Waals surface area contributed by atoms with Crippen LogP contribution >= 0.6 is 0 Å². The average molecular weight is 737 g/mol. The number of nitrogens with zero attached hydrogens (tertiary/aromatic N) is 5. The molecule has 8 N–H and O–H groups in total. The minimum atomic E-state index is -1.36. The van der Waals surface area contributed by atoms with Gasteiger partial charge in [-0.3, -0.25) is 29.0 Å². The molecule has 5 amide bonds. The van der Waals surface area contributed by atoms with Crippen LogP contribution in [0, 0.1) is 5.92 Å². The topological polar surface area (TPSA) is 268 Å². The smallest absolute Gasteiger partial charge is 0.404 e. The van der Waals surface area contributed by atoms with Gasteiger partial charge in [0.15, 0.2) is 0 Å². The molecule has 2 fully saturated rings. The van der Waals surface area contributed by atoms with Gasteiger partial charge in [-0.05, 0) is 57.6 Å². The number of unbranched alkanes of at least 4 members (excludes halogenated alkanes) is 1. The van der Waals surface area contributed by atoms with Crippen LogP contribution in [0.2, 0.25) is 0 Å². The number of hydrogen-bond donors (Lipinski definition) is 7. The van der Waals surface area contributed by atoms with E-state index in [-0.39, 0.29) is 44.0 Å². The SMILES string of the molecule is CC(C)(O)c1cnnn1[C@H]1C[C@@H](C(=O)NC(CCCCNC(=O)O)C(=O)C(N)=O)N(C(=O)[C@@H](CC2CCCCC2)NC(=O)c2cc3cnccc3[nH]2)C1. The zero-order chi connectivity index (χ0) is 38.3. The fourth-order valence-electron chi connectivity index (χ4n) is 7.32. The number of aliphatic hydroxyl groups is 1. The molecule has 1 aliphatic carbocycles. The molecule has 0 spiro atoms. The Labute approximate surface area is 305 Å². The van der Waals surface area contributed by atoms with Crippen molar-refractivity contribution < 1.29 is 39.0 Å². The first-order valence-corrected chi connectivity index (χ1v) is 18.0. The number of carboxylic acid groups (broad SMARTS) is 1. The van der Waals surface area contributed by atoms with E-state index >= 15 is 0 Å². The molecular formula is C35H48N10O8. The number of fused-ring (bicyclic) bond motifs is 1. The highest BCUT2D eigenvalue weighted by molar-refractivity contribution is 6.37. The Kier molecular flexibility index (Phi) is 12.4. The number of nitrogens with two attached hydrogens (primary N) is 1. The quantitative estimate of drug-likeness (QED) is 0.0813. The van der Waals surface area contributed by atoms with Crippen LogP contribution in [-0.4, -0.2) is 107 Å². The number of hydrogen-bond acceptors (Lipinski definition) is 10. The van der Waals surface area contributed by atoms with Gasteiger partial charge in [-0.2, -0.15) is 0 Å². The first-order valence-electron chi connectivity index (χ1n) is 18.0. The van der Waals surface area contributed by atoms with Crippen molar-refractivity contribution >= 4 is 46.4 Å². The molecule has 1 unspecified atom stereocenters. The molecule has 5 rings (SSSR count). The molecule has 4 heterocycles. The van der Waals surface area contributed by atoms with Crippen LogP contribution in [0.3, 0.4) is 0 Å². The summed E-state index contributed by atoms with van der Waals surface area (Å²) in [5.74, 6) is -3.87. The fourth-order valence-corrected chi connectivity index (χ4v) is 7.32. The first-order chi connectivity index (χ1) is 25.2. The van der Waals surface area contributed by atoms with Gasteiger partial charge in [-0.25, -0.2) is 9.48 Å². The monoisotopic (exact) mass is 736 g/mol. The van der Waals surface area contributed by atoms with Crippen LogP contribution in [0.15, 0.2) is 30.7 Å². The Morgan fingerprint density at radius 3 is 2.49 bits per heavy atom. The van der Waals surface area contributed by atoms with Crippen molar-refractivity contribution in [1.82, 2.24) is 45.8 Å². The molecule has 1 aliphatic heterocycles. The number of carbonyl (C=O) groups excluding carboxylic acids is 5. The number of aromatic nitrogens is 5. The first kappa shape index (κ1) is 38.8. The van der Waals surface area contributed by atoms with Gasteiger partial charge in [0.2, 0.25) is 17.6 Å². The third-order valence-corrected chi connectivity index (χ3v) is 10.0. The number of likely N-dealkylation sites (tertiary alicyclic amines) is 1. The summed E-state index contributed by atoms with van der Waals surface area (Å²) in [6.07, 6.45) is 9.22. The van der Waals surface area contributed by atoms with Crippen molar-refractivity contribution in [2.45, 2.75) is 108 Å². The highest BCUT2D eigenvalue weighted by Gasteiger charge is 2.45.